The predicted octanol–water partition coefficient (Wildman–Crippen LogP) is 1.17. The van der Waals surface area contributed by atoms with Crippen molar-refractivity contribution in [2.75, 3.05) is 17.8 Å². The molecular formula is C13H22N4O2S. The van der Waals surface area contributed by atoms with Crippen molar-refractivity contribution in [1.29, 1.82) is 0 Å². The first-order chi connectivity index (χ1) is 9.44. The predicted molar refractivity (Wildman–Crippen MR) is 79.7 cm³/mol. The van der Waals surface area contributed by atoms with E-state index in [1.165, 1.54) is 4.31 Å². The number of nitrogens with one attached hydrogen (secondary N) is 1. The molecular weight excluding hydrogens is 276 g/mol. The molecule has 6 nitrogen and oxygen atoms in total. The Hall–Kier alpha value is -1.18. The molecule has 2 rings (SSSR count). The highest BCUT2D eigenvalue weighted by Crippen LogP contribution is 2.22. The molecule has 1 aliphatic heterocycles. The molecule has 0 bridgehead atoms. The highest BCUT2D eigenvalue weighted by Gasteiger charge is 2.31. The molecule has 7 heteroatoms. The summed E-state index contributed by atoms with van der Waals surface area (Å²) in [5.74, 6) is 0. The van der Waals surface area contributed by atoms with E-state index in [2.05, 4.69) is 9.71 Å². The van der Waals surface area contributed by atoms with E-state index in [1.807, 2.05) is 6.92 Å². The average molecular weight is 298 g/mol. The first kappa shape index (κ1) is 15.2. The van der Waals surface area contributed by atoms with E-state index in [0.29, 0.717) is 24.5 Å². The van der Waals surface area contributed by atoms with Gasteiger partial charge < -0.3 is 5.73 Å². The maximum atomic E-state index is 12.5. The minimum absolute atomic E-state index is 0.111. The molecule has 0 saturated carbocycles. The van der Waals surface area contributed by atoms with Gasteiger partial charge in [-0.1, -0.05) is 6.42 Å². The Morgan fingerprint density at radius 2 is 2.15 bits per heavy atom. The minimum atomic E-state index is -3.57. The SMILES string of the molecule is Cc1ccc(NS(=O)(=O)N2CCCCC2CN)c(C)n1. The van der Waals surface area contributed by atoms with Crippen LogP contribution >= 0.6 is 0 Å². The van der Waals surface area contributed by atoms with Crippen molar-refractivity contribution >= 4 is 15.9 Å². The van der Waals surface area contributed by atoms with Gasteiger partial charge in [0.2, 0.25) is 0 Å². The van der Waals surface area contributed by atoms with Crippen LogP contribution in [0.2, 0.25) is 0 Å². The molecule has 2 heterocycles. The summed E-state index contributed by atoms with van der Waals surface area (Å²) < 4.78 is 29.1. The molecule has 1 aliphatic rings. The Kier molecular flexibility index (Phi) is 4.62. The maximum Gasteiger partial charge on any atom is 0.301 e. The summed E-state index contributed by atoms with van der Waals surface area (Å²) >= 11 is 0. The second kappa shape index (κ2) is 6.07. The zero-order valence-corrected chi connectivity index (χ0v) is 12.8. The number of rotatable bonds is 4. The van der Waals surface area contributed by atoms with Gasteiger partial charge in [0.25, 0.3) is 0 Å². The lowest BCUT2D eigenvalue weighted by Crippen LogP contribution is -2.49. The van der Waals surface area contributed by atoms with Crippen molar-refractivity contribution in [1.82, 2.24) is 9.29 Å². The van der Waals surface area contributed by atoms with Crippen LogP contribution in [0.15, 0.2) is 12.1 Å². The molecule has 1 saturated heterocycles. The quantitative estimate of drug-likeness (QED) is 0.873. The first-order valence-electron chi connectivity index (χ1n) is 6.88. The third-order valence-corrected chi connectivity index (χ3v) is 5.19. The van der Waals surface area contributed by atoms with E-state index in [0.717, 1.165) is 25.0 Å². The highest BCUT2D eigenvalue weighted by molar-refractivity contribution is 7.90. The molecule has 1 aromatic heterocycles. The summed E-state index contributed by atoms with van der Waals surface area (Å²) in [4.78, 5) is 4.27. The number of aromatic nitrogens is 1. The Balaban J connectivity index is 2.21. The van der Waals surface area contributed by atoms with Crippen molar-refractivity contribution in [3.8, 4) is 0 Å². The van der Waals surface area contributed by atoms with Crippen LogP contribution in [0.4, 0.5) is 5.69 Å². The smallest absolute Gasteiger partial charge is 0.301 e. The molecule has 3 N–H and O–H groups in total. The van der Waals surface area contributed by atoms with Crippen molar-refractivity contribution in [3.05, 3.63) is 23.5 Å². The fraction of sp³-hybridized carbons (Fsp3) is 0.615. The second-order valence-electron chi connectivity index (χ2n) is 5.19. The average Bonchev–Trinajstić information content (AvgIpc) is 2.42. The number of piperidine rings is 1. The second-order valence-corrected chi connectivity index (χ2v) is 6.81. The third kappa shape index (κ3) is 3.28. The van der Waals surface area contributed by atoms with Gasteiger partial charge >= 0.3 is 10.2 Å². The van der Waals surface area contributed by atoms with E-state index in [1.54, 1.807) is 19.1 Å². The molecule has 0 aromatic carbocycles. The Morgan fingerprint density at radius 3 is 2.80 bits per heavy atom. The van der Waals surface area contributed by atoms with Gasteiger partial charge in [-0.15, -0.1) is 0 Å². The lowest BCUT2D eigenvalue weighted by atomic mass is 10.1. The lowest BCUT2D eigenvalue weighted by molar-refractivity contribution is 0.259. The first-order valence-corrected chi connectivity index (χ1v) is 8.32. The summed E-state index contributed by atoms with van der Waals surface area (Å²) in [5, 5.41) is 0. The molecule has 1 atom stereocenters. The van der Waals surface area contributed by atoms with Crippen molar-refractivity contribution in [2.45, 2.75) is 39.2 Å². The minimum Gasteiger partial charge on any atom is -0.329 e. The van der Waals surface area contributed by atoms with Gasteiger partial charge in [0.05, 0.1) is 11.4 Å². The Morgan fingerprint density at radius 1 is 1.40 bits per heavy atom. The van der Waals surface area contributed by atoms with Gasteiger partial charge in [-0.3, -0.25) is 9.71 Å². The van der Waals surface area contributed by atoms with Crippen LogP contribution < -0.4 is 10.5 Å². The summed E-state index contributed by atoms with van der Waals surface area (Å²) in [7, 11) is -3.57. The number of pyridine rings is 1. The van der Waals surface area contributed by atoms with Crippen molar-refractivity contribution in [3.63, 3.8) is 0 Å². The number of aryl methyl sites for hydroxylation is 2. The molecule has 1 aromatic rings. The molecule has 0 amide bonds. The molecule has 0 aliphatic carbocycles. The summed E-state index contributed by atoms with van der Waals surface area (Å²) in [6.07, 6.45) is 2.73. The summed E-state index contributed by atoms with van der Waals surface area (Å²) in [6.45, 7) is 4.55. The third-order valence-electron chi connectivity index (χ3n) is 3.62. The van der Waals surface area contributed by atoms with E-state index in [4.69, 9.17) is 5.73 Å². The zero-order valence-electron chi connectivity index (χ0n) is 12.0. The topological polar surface area (TPSA) is 88.3 Å². The number of hydrogen-bond donors (Lipinski definition) is 2. The van der Waals surface area contributed by atoms with Crippen LogP contribution in [-0.2, 0) is 10.2 Å². The fourth-order valence-electron chi connectivity index (χ4n) is 2.52. The van der Waals surface area contributed by atoms with Gasteiger partial charge in [-0.2, -0.15) is 12.7 Å². The number of hydrogen-bond acceptors (Lipinski definition) is 4. The summed E-state index contributed by atoms with van der Waals surface area (Å²) in [6, 6.07) is 3.43. The van der Waals surface area contributed by atoms with Crippen LogP contribution in [-0.4, -0.2) is 36.8 Å². The van der Waals surface area contributed by atoms with Crippen LogP contribution in [0.3, 0.4) is 0 Å². The normalized spacial score (nSPS) is 20.9. The maximum absolute atomic E-state index is 12.5. The standard InChI is InChI=1S/C13H22N4O2S/c1-10-6-7-13(11(2)15-10)16-20(18,19)17-8-4-3-5-12(17)9-14/h6-7,12,16H,3-5,8-9,14H2,1-2H3. The van der Waals surface area contributed by atoms with E-state index in [-0.39, 0.29) is 6.04 Å². The molecule has 20 heavy (non-hydrogen) atoms. The molecule has 0 radical (unpaired) electrons. The van der Waals surface area contributed by atoms with E-state index < -0.39 is 10.2 Å². The largest absolute Gasteiger partial charge is 0.329 e. The van der Waals surface area contributed by atoms with E-state index >= 15 is 0 Å². The molecule has 112 valence electrons. The van der Waals surface area contributed by atoms with Crippen LogP contribution in [0.5, 0.6) is 0 Å². The molecule has 0 spiro atoms. The van der Waals surface area contributed by atoms with Crippen LogP contribution in [0.25, 0.3) is 0 Å². The van der Waals surface area contributed by atoms with E-state index in [9.17, 15) is 8.42 Å². The Bertz CT molecular complexity index is 574. The monoisotopic (exact) mass is 298 g/mol. The lowest BCUT2D eigenvalue weighted by Gasteiger charge is -2.34. The number of nitrogens with zero attached hydrogens (tertiary/aromatic N) is 2. The van der Waals surface area contributed by atoms with Gasteiger partial charge in [-0.05, 0) is 38.8 Å². The highest BCUT2D eigenvalue weighted by atomic mass is 32.2. The molecule has 1 fully saturated rings. The Labute approximate surface area is 120 Å². The number of anilines is 1. The molecule has 1 unspecified atom stereocenters. The van der Waals surface area contributed by atoms with Gasteiger partial charge in [0.1, 0.15) is 0 Å². The van der Waals surface area contributed by atoms with Gasteiger partial charge in [-0.25, -0.2) is 0 Å². The van der Waals surface area contributed by atoms with Crippen molar-refractivity contribution in [2.24, 2.45) is 5.73 Å². The summed E-state index contributed by atoms with van der Waals surface area (Å²) in [5.41, 5.74) is 7.75. The zero-order chi connectivity index (χ0) is 14.8. The number of nitrogens with two attached hydrogens (primary N) is 1. The van der Waals surface area contributed by atoms with Crippen LogP contribution in [0.1, 0.15) is 30.7 Å². The van der Waals surface area contributed by atoms with Gasteiger partial charge in [0.15, 0.2) is 0 Å². The van der Waals surface area contributed by atoms with Crippen LogP contribution in [0, 0.1) is 13.8 Å². The fourth-order valence-corrected chi connectivity index (χ4v) is 4.08. The van der Waals surface area contributed by atoms with Crippen molar-refractivity contribution < 1.29 is 8.42 Å². The van der Waals surface area contributed by atoms with Gasteiger partial charge in [0, 0.05) is 24.8 Å².